The summed E-state index contributed by atoms with van der Waals surface area (Å²) in [4.78, 5) is 2.10. The molecule has 0 fully saturated rings. The first-order chi connectivity index (χ1) is 16.7. The van der Waals surface area contributed by atoms with Gasteiger partial charge in [0.2, 0.25) is 0 Å². The van der Waals surface area contributed by atoms with Gasteiger partial charge >= 0.3 is 26.2 Å². The maximum Gasteiger partial charge on any atom is 2.00 e. The van der Waals surface area contributed by atoms with Gasteiger partial charge in [-0.1, -0.05) is 77.5 Å². The van der Waals surface area contributed by atoms with Crippen LogP contribution in [0.15, 0.2) is 127 Å². The van der Waals surface area contributed by atoms with Crippen LogP contribution >= 0.6 is 0 Å². The predicted molar refractivity (Wildman–Crippen MR) is 145 cm³/mol. The van der Waals surface area contributed by atoms with E-state index in [-0.39, 0.29) is 51.0 Å². The van der Waals surface area contributed by atoms with Crippen molar-refractivity contribution in [2.24, 2.45) is 0 Å². The summed E-state index contributed by atoms with van der Waals surface area (Å²) in [6.45, 7) is 0. The van der Waals surface area contributed by atoms with Gasteiger partial charge in [-0.25, -0.2) is 12.1 Å². The molecule has 0 aliphatic heterocycles. The summed E-state index contributed by atoms with van der Waals surface area (Å²) < 4.78 is 0. The van der Waals surface area contributed by atoms with Crippen LogP contribution in [-0.4, -0.2) is 14.1 Å². The van der Waals surface area contributed by atoms with Crippen LogP contribution in [0.1, 0.15) is 22.3 Å². The van der Waals surface area contributed by atoms with Crippen LogP contribution in [0.25, 0.3) is 11.1 Å². The first kappa shape index (κ1) is 32.4. The minimum Gasteiger partial charge on any atom is -1.00 e. The van der Waals surface area contributed by atoms with Crippen molar-refractivity contribution < 1.29 is 51.0 Å². The maximum atomic E-state index is 3.50. The van der Waals surface area contributed by atoms with Crippen LogP contribution in [0.4, 0.5) is 5.69 Å². The van der Waals surface area contributed by atoms with Gasteiger partial charge in [0, 0.05) is 14.1 Å². The zero-order chi connectivity index (χ0) is 23.6. The van der Waals surface area contributed by atoms with E-state index >= 15 is 0 Å². The molecule has 1 aliphatic rings. The third-order valence-electron chi connectivity index (χ3n) is 5.66. The molecule has 0 saturated carbocycles. The fourth-order valence-electron chi connectivity index (χ4n) is 3.92. The second-order valence-corrected chi connectivity index (χ2v) is 8.39. The zero-order valence-corrected chi connectivity index (χ0v) is 25.1. The van der Waals surface area contributed by atoms with Crippen molar-refractivity contribution in [2.45, 2.75) is 6.42 Å². The quantitative estimate of drug-likeness (QED) is 0.280. The Bertz CT molecular complexity index is 1220. The molecule has 0 radical (unpaired) electrons. The van der Waals surface area contributed by atoms with Gasteiger partial charge in [-0.15, -0.1) is 59.0 Å². The van der Waals surface area contributed by atoms with Crippen molar-refractivity contribution in [1.82, 2.24) is 0 Å². The van der Waals surface area contributed by atoms with Crippen molar-refractivity contribution in [3.05, 3.63) is 162 Å². The first-order valence-corrected chi connectivity index (χ1v) is 11.6. The van der Waals surface area contributed by atoms with E-state index in [1.165, 1.54) is 33.4 Å². The van der Waals surface area contributed by atoms with Crippen molar-refractivity contribution in [3.8, 4) is 11.1 Å². The third-order valence-corrected chi connectivity index (χ3v) is 5.66. The zero-order valence-electron chi connectivity index (χ0n) is 21.1. The Kier molecular flexibility index (Phi) is 14.9. The fourth-order valence-corrected chi connectivity index (χ4v) is 3.92. The van der Waals surface area contributed by atoms with Crippen LogP contribution in [0.3, 0.4) is 0 Å². The molecule has 0 unspecified atom stereocenters. The number of rotatable bonds is 3. The molecular formula is C33H30Cl2NZr-3. The molecule has 188 valence electrons. The molecule has 0 aromatic heterocycles. The maximum absolute atomic E-state index is 3.50. The van der Waals surface area contributed by atoms with Gasteiger partial charge in [0.25, 0.3) is 0 Å². The number of fused-ring (bicyclic) bond motifs is 3. The fraction of sp³-hybridized carbons (Fsp3) is 0.0909. The van der Waals surface area contributed by atoms with Gasteiger partial charge < -0.3 is 29.7 Å². The molecule has 0 saturated heterocycles. The molecule has 0 amide bonds. The summed E-state index contributed by atoms with van der Waals surface area (Å²) in [5, 5.41) is 0. The van der Waals surface area contributed by atoms with Crippen molar-refractivity contribution in [1.29, 1.82) is 0 Å². The van der Waals surface area contributed by atoms with E-state index < -0.39 is 0 Å². The number of halogens is 2. The molecule has 1 nitrogen and oxygen atoms in total. The van der Waals surface area contributed by atoms with Crippen LogP contribution in [0, 0.1) is 12.5 Å². The Morgan fingerprint density at radius 2 is 1.19 bits per heavy atom. The average molecular weight is 603 g/mol. The molecule has 0 N–H and O–H groups in total. The topological polar surface area (TPSA) is 3.24 Å². The van der Waals surface area contributed by atoms with Gasteiger partial charge in [0.15, 0.2) is 0 Å². The number of nitrogens with zero attached hydrogens (tertiary/aromatic N) is 1. The molecule has 1 aliphatic carbocycles. The minimum absolute atomic E-state index is 0. The summed E-state index contributed by atoms with van der Waals surface area (Å²) in [6, 6.07) is 47.1. The molecule has 5 aromatic carbocycles. The number of benzene rings is 4. The molecule has 37 heavy (non-hydrogen) atoms. The molecule has 0 bridgehead atoms. The normalized spacial score (nSPS) is 9.68. The van der Waals surface area contributed by atoms with Crippen LogP contribution in [0.5, 0.6) is 0 Å². The number of anilines is 1. The summed E-state index contributed by atoms with van der Waals surface area (Å²) in [5.41, 5.74) is 9.12. The molecule has 0 atom stereocenters. The number of hydrogen-bond donors (Lipinski definition) is 0. The molecule has 0 heterocycles. The van der Waals surface area contributed by atoms with E-state index in [0.717, 1.165) is 12.1 Å². The van der Waals surface area contributed by atoms with Crippen molar-refractivity contribution in [2.75, 3.05) is 19.0 Å². The third kappa shape index (κ3) is 9.63. The Morgan fingerprint density at radius 3 is 1.70 bits per heavy atom. The van der Waals surface area contributed by atoms with Crippen molar-refractivity contribution in [3.63, 3.8) is 0 Å². The Balaban J connectivity index is 0.000000295. The van der Waals surface area contributed by atoms with Crippen LogP contribution in [-0.2, 0) is 32.6 Å². The molecule has 4 heteroatoms. The Morgan fingerprint density at radius 1 is 0.649 bits per heavy atom. The van der Waals surface area contributed by atoms with E-state index in [0.29, 0.717) is 0 Å². The van der Waals surface area contributed by atoms with Gasteiger partial charge in [-0.2, -0.15) is 30.3 Å². The molecule has 0 spiro atoms. The summed E-state index contributed by atoms with van der Waals surface area (Å²) >= 11 is 0. The first-order valence-electron chi connectivity index (χ1n) is 11.6. The smallest absolute Gasteiger partial charge is 1.00 e. The monoisotopic (exact) mass is 600 g/mol. The SMILES string of the molecule is CN(C)c1[c-]c2c(cc1)-c1ccccc1C2.[Cl-].[Cl-].[Zr+2].c1cc[cH-]c1.c1ccc([CH-]c2ccccc2)cc1. The van der Waals surface area contributed by atoms with Gasteiger partial charge in [-0.05, 0) is 6.42 Å². The van der Waals surface area contributed by atoms with E-state index in [1.54, 1.807) is 0 Å². The van der Waals surface area contributed by atoms with Crippen molar-refractivity contribution >= 4 is 5.69 Å². The summed E-state index contributed by atoms with van der Waals surface area (Å²) in [7, 11) is 4.11. The summed E-state index contributed by atoms with van der Waals surface area (Å²) in [6.07, 6.45) is 3.19. The van der Waals surface area contributed by atoms with E-state index in [1.807, 2.05) is 42.5 Å². The largest absolute Gasteiger partial charge is 2.00 e. The average Bonchev–Trinajstić information content (AvgIpc) is 3.57. The molecule has 6 rings (SSSR count). The standard InChI is InChI=1S/C15H14N.C13H11.C5H5.2ClH.Zr/c1-16(2)13-7-8-15-12(10-13)9-11-5-3-4-6-14(11)15;1-3-7-12(8-4-1)11-13-9-5-2-6-10-13;1-2-4-5-3-1;;;/h3-8H,9H2,1-2H3;1-11H;1-5H;2*1H;/q3*-1;;;+2/p-2. The van der Waals surface area contributed by atoms with Crippen LogP contribution in [0.2, 0.25) is 0 Å². The summed E-state index contributed by atoms with van der Waals surface area (Å²) in [5.74, 6) is 0. The Hall–Kier alpha value is -2.64. The van der Waals surface area contributed by atoms with Crippen LogP contribution < -0.4 is 29.7 Å². The molecular weight excluding hydrogens is 573 g/mol. The van der Waals surface area contributed by atoms with Gasteiger partial charge in [0.1, 0.15) is 0 Å². The van der Waals surface area contributed by atoms with E-state index in [4.69, 9.17) is 0 Å². The second kappa shape index (κ2) is 17.0. The molecule has 5 aromatic rings. The Labute approximate surface area is 253 Å². The number of hydrogen-bond acceptors (Lipinski definition) is 1. The van der Waals surface area contributed by atoms with E-state index in [2.05, 4.69) is 116 Å². The van der Waals surface area contributed by atoms with Gasteiger partial charge in [-0.3, -0.25) is 0 Å². The van der Waals surface area contributed by atoms with Gasteiger partial charge in [0.05, 0.1) is 0 Å². The minimum atomic E-state index is 0. The second-order valence-electron chi connectivity index (χ2n) is 8.39. The predicted octanol–water partition coefficient (Wildman–Crippen LogP) is 1.82. The van der Waals surface area contributed by atoms with E-state index in [9.17, 15) is 0 Å².